The molecule has 3 aromatic rings. The molecule has 1 aliphatic rings. The molecule has 2 heterocycles. The average Bonchev–Trinajstić information content (AvgIpc) is 3.26. The zero-order chi connectivity index (χ0) is 16.7. The Morgan fingerprint density at radius 3 is 2.92 bits per heavy atom. The van der Waals surface area contributed by atoms with Gasteiger partial charge in [-0.2, -0.15) is 0 Å². The van der Waals surface area contributed by atoms with Crippen LogP contribution in [0.3, 0.4) is 0 Å². The van der Waals surface area contributed by atoms with Crippen molar-refractivity contribution >= 4 is 33.7 Å². The van der Waals surface area contributed by atoms with Gasteiger partial charge in [0.15, 0.2) is 5.13 Å². The summed E-state index contributed by atoms with van der Waals surface area (Å²) in [6.45, 7) is 2.00. The molecule has 1 amide bonds. The topological polar surface area (TPSA) is 62.2 Å². The smallest absolute Gasteiger partial charge is 0.233 e. The van der Waals surface area contributed by atoms with Gasteiger partial charge in [-0.1, -0.05) is 12.1 Å². The molecular formula is C18H16N2O2S2. The SMILES string of the molecule is C[C@]1(C(=O)Nc2nccs2)Cc2ccc(O)cc2[C@@H]1c1cccs1. The molecule has 6 heteroatoms. The summed E-state index contributed by atoms with van der Waals surface area (Å²) >= 11 is 3.06. The van der Waals surface area contributed by atoms with Gasteiger partial charge in [-0.05, 0) is 48.1 Å². The lowest BCUT2D eigenvalue weighted by atomic mass is 9.76. The third kappa shape index (κ3) is 2.42. The molecule has 4 rings (SSSR count). The third-order valence-corrected chi connectivity index (χ3v) is 6.26. The number of phenolic OH excluding ortho intramolecular Hbond substituents is 1. The lowest BCUT2D eigenvalue weighted by Gasteiger charge is -2.29. The van der Waals surface area contributed by atoms with Crippen LogP contribution in [0.15, 0.2) is 47.3 Å². The summed E-state index contributed by atoms with van der Waals surface area (Å²) in [6.07, 6.45) is 2.32. The van der Waals surface area contributed by atoms with Crippen LogP contribution < -0.4 is 5.32 Å². The number of nitrogens with zero attached hydrogens (tertiary/aromatic N) is 1. The molecule has 2 aromatic heterocycles. The summed E-state index contributed by atoms with van der Waals surface area (Å²) < 4.78 is 0. The van der Waals surface area contributed by atoms with E-state index in [0.717, 1.165) is 16.0 Å². The van der Waals surface area contributed by atoms with Crippen LogP contribution in [-0.2, 0) is 11.2 Å². The van der Waals surface area contributed by atoms with E-state index in [1.54, 1.807) is 29.7 Å². The maximum Gasteiger partial charge on any atom is 0.233 e. The molecule has 0 aliphatic heterocycles. The number of amides is 1. The number of phenols is 1. The minimum atomic E-state index is -0.618. The number of benzene rings is 1. The number of nitrogens with one attached hydrogen (secondary N) is 1. The Morgan fingerprint density at radius 1 is 1.33 bits per heavy atom. The Bertz CT molecular complexity index is 875. The van der Waals surface area contributed by atoms with E-state index >= 15 is 0 Å². The fourth-order valence-corrected chi connectivity index (χ4v) is 5.03. The molecular weight excluding hydrogens is 340 g/mol. The van der Waals surface area contributed by atoms with Crippen molar-refractivity contribution in [1.29, 1.82) is 0 Å². The van der Waals surface area contributed by atoms with Crippen molar-refractivity contribution in [3.05, 3.63) is 63.3 Å². The van der Waals surface area contributed by atoms with E-state index in [9.17, 15) is 9.90 Å². The Labute approximate surface area is 147 Å². The highest BCUT2D eigenvalue weighted by atomic mass is 32.1. The highest BCUT2D eigenvalue weighted by molar-refractivity contribution is 7.13. The summed E-state index contributed by atoms with van der Waals surface area (Å²) in [5.74, 6) is 0.131. The van der Waals surface area contributed by atoms with Crippen molar-refractivity contribution in [1.82, 2.24) is 4.98 Å². The maximum atomic E-state index is 13.1. The third-order valence-electron chi connectivity index (χ3n) is 4.63. The fourth-order valence-electron chi connectivity index (χ4n) is 3.51. The first-order valence-corrected chi connectivity index (χ1v) is 9.40. The second kappa shape index (κ2) is 5.72. The van der Waals surface area contributed by atoms with Crippen molar-refractivity contribution in [2.45, 2.75) is 19.3 Å². The molecule has 0 saturated heterocycles. The lowest BCUT2D eigenvalue weighted by Crippen LogP contribution is -2.37. The highest BCUT2D eigenvalue weighted by Crippen LogP contribution is 2.53. The summed E-state index contributed by atoms with van der Waals surface area (Å²) in [5.41, 5.74) is 1.53. The number of fused-ring (bicyclic) bond motifs is 1. The number of thiazole rings is 1. The van der Waals surface area contributed by atoms with Gasteiger partial charge >= 0.3 is 0 Å². The predicted octanol–water partition coefficient (Wildman–Crippen LogP) is 4.24. The number of aromatic nitrogens is 1. The number of carbonyl (C=O) groups is 1. The average molecular weight is 356 g/mol. The van der Waals surface area contributed by atoms with Gasteiger partial charge in [0.2, 0.25) is 5.91 Å². The summed E-state index contributed by atoms with van der Waals surface area (Å²) in [7, 11) is 0. The number of rotatable bonds is 3. The Balaban J connectivity index is 1.78. The first kappa shape index (κ1) is 15.4. The standard InChI is InChI=1S/C18H16N2O2S2/c1-18(16(22)20-17-19-6-8-24-17)10-11-4-5-12(21)9-13(11)15(18)14-3-2-7-23-14/h2-9,15,21H,10H2,1H3,(H,19,20,22)/t15-,18+/m1/s1. The number of anilines is 1. The van der Waals surface area contributed by atoms with Crippen molar-refractivity contribution < 1.29 is 9.90 Å². The van der Waals surface area contributed by atoms with Crippen molar-refractivity contribution in [2.24, 2.45) is 5.41 Å². The largest absolute Gasteiger partial charge is 0.508 e. The quantitative estimate of drug-likeness (QED) is 0.738. The number of carbonyl (C=O) groups excluding carboxylic acids is 1. The minimum absolute atomic E-state index is 0.0356. The van der Waals surface area contributed by atoms with E-state index in [1.165, 1.54) is 11.3 Å². The van der Waals surface area contributed by atoms with Crippen LogP contribution in [0.4, 0.5) is 5.13 Å². The van der Waals surface area contributed by atoms with Gasteiger partial charge < -0.3 is 10.4 Å². The van der Waals surface area contributed by atoms with Crippen LogP contribution in [0.5, 0.6) is 5.75 Å². The van der Waals surface area contributed by atoms with E-state index in [2.05, 4.69) is 16.4 Å². The Hall–Kier alpha value is -2.18. The van der Waals surface area contributed by atoms with Gasteiger partial charge in [0.05, 0.1) is 5.41 Å². The van der Waals surface area contributed by atoms with Gasteiger partial charge in [-0.3, -0.25) is 4.79 Å². The van der Waals surface area contributed by atoms with Crippen LogP contribution in [0.25, 0.3) is 0 Å². The molecule has 0 radical (unpaired) electrons. The molecule has 2 N–H and O–H groups in total. The number of hydrogen-bond donors (Lipinski definition) is 2. The van der Waals surface area contributed by atoms with Crippen molar-refractivity contribution in [3.63, 3.8) is 0 Å². The second-order valence-electron chi connectivity index (χ2n) is 6.22. The van der Waals surface area contributed by atoms with Crippen LogP contribution >= 0.6 is 22.7 Å². The van der Waals surface area contributed by atoms with Crippen molar-refractivity contribution in [3.8, 4) is 5.75 Å². The van der Waals surface area contributed by atoms with Crippen LogP contribution in [0.1, 0.15) is 28.8 Å². The number of hydrogen-bond acceptors (Lipinski definition) is 5. The monoisotopic (exact) mass is 356 g/mol. The van der Waals surface area contributed by atoms with E-state index in [-0.39, 0.29) is 17.6 Å². The summed E-state index contributed by atoms with van der Waals surface area (Å²) in [6, 6.07) is 9.47. The Morgan fingerprint density at radius 2 is 2.21 bits per heavy atom. The normalized spacial score (nSPS) is 22.3. The first-order valence-electron chi connectivity index (χ1n) is 7.64. The maximum absolute atomic E-state index is 13.1. The highest BCUT2D eigenvalue weighted by Gasteiger charge is 2.49. The van der Waals surface area contributed by atoms with Gasteiger partial charge in [-0.25, -0.2) is 4.98 Å². The zero-order valence-electron chi connectivity index (χ0n) is 13.0. The van der Waals surface area contributed by atoms with E-state index in [0.29, 0.717) is 11.6 Å². The van der Waals surface area contributed by atoms with E-state index in [1.807, 2.05) is 29.8 Å². The molecule has 122 valence electrons. The molecule has 0 unspecified atom stereocenters. The van der Waals surface area contributed by atoms with Gasteiger partial charge in [0.25, 0.3) is 0 Å². The molecule has 0 bridgehead atoms. The minimum Gasteiger partial charge on any atom is -0.508 e. The Kier molecular flexibility index (Phi) is 3.66. The number of thiophene rings is 1. The zero-order valence-corrected chi connectivity index (χ0v) is 14.7. The molecule has 2 atom stereocenters. The summed E-state index contributed by atoms with van der Waals surface area (Å²) in [5, 5.41) is 17.4. The number of aromatic hydroxyl groups is 1. The van der Waals surface area contributed by atoms with Gasteiger partial charge in [0, 0.05) is 22.4 Å². The molecule has 4 nitrogen and oxygen atoms in total. The van der Waals surface area contributed by atoms with Crippen molar-refractivity contribution in [2.75, 3.05) is 5.32 Å². The molecule has 24 heavy (non-hydrogen) atoms. The van der Waals surface area contributed by atoms with Crippen LogP contribution in [-0.4, -0.2) is 16.0 Å². The molecule has 1 aliphatic carbocycles. The molecule has 0 fully saturated rings. The fraction of sp³-hybridized carbons (Fsp3) is 0.222. The summed E-state index contributed by atoms with van der Waals surface area (Å²) in [4.78, 5) is 18.4. The molecule has 0 spiro atoms. The van der Waals surface area contributed by atoms with Crippen LogP contribution in [0, 0.1) is 5.41 Å². The molecule has 0 saturated carbocycles. The first-order chi connectivity index (χ1) is 11.6. The van der Waals surface area contributed by atoms with Gasteiger partial charge in [0.1, 0.15) is 5.75 Å². The lowest BCUT2D eigenvalue weighted by molar-refractivity contribution is -0.125. The second-order valence-corrected chi connectivity index (χ2v) is 8.09. The molecule has 1 aromatic carbocycles. The van der Waals surface area contributed by atoms with E-state index < -0.39 is 5.41 Å². The van der Waals surface area contributed by atoms with E-state index in [4.69, 9.17) is 0 Å². The predicted molar refractivity (Wildman–Crippen MR) is 96.8 cm³/mol. The van der Waals surface area contributed by atoms with Gasteiger partial charge in [-0.15, -0.1) is 22.7 Å². The van der Waals surface area contributed by atoms with Crippen LogP contribution in [0.2, 0.25) is 0 Å².